The first-order chi connectivity index (χ1) is 6.99. The summed E-state index contributed by atoms with van der Waals surface area (Å²) in [5.41, 5.74) is 4.55. The summed E-state index contributed by atoms with van der Waals surface area (Å²) in [4.78, 5) is 11.6. The van der Waals surface area contributed by atoms with E-state index in [2.05, 4.69) is 32.6 Å². The van der Waals surface area contributed by atoms with E-state index in [4.69, 9.17) is 0 Å². The fourth-order valence-electron chi connectivity index (χ4n) is 1.54. The van der Waals surface area contributed by atoms with Gasteiger partial charge in [-0.25, -0.2) is 0 Å². The third-order valence-corrected chi connectivity index (χ3v) is 2.47. The minimum atomic E-state index is 0.241. The van der Waals surface area contributed by atoms with Crippen molar-refractivity contribution >= 4 is 5.78 Å². The number of aryl methyl sites for hydroxylation is 2. The minimum absolute atomic E-state index is 0.241. The minimum Gasteiger partial charge on any atom is -0.299 e. The highest BCUT2D eigenvalue weighted by atomic mass is 16.1. The maximum Gasteiger partial charge on any atom is 0.141 e. The number of hydrogen-bond donors (Lipinski definition) is 0. The van der Waals surface area contributed by atoms with E-state index >= 15 is 0 Å². The Bertz CT molecular complexity index is 388. The molecule has 0 unspecified atom stereocenters. The SMILES string of the molecule is C=C(C)CC(=O)Cc1ccc(C)c(C)c1. The van der Waals surface area contributed by atoms with Crippen LogP contribution >= 0.6 is 0 Å². The molecule has 0 amide bonds. The summed E-state index contributed by atoms with van der Waals surface area (Å²) in [7, 11) is 0. The van der Waals surface area contributed by atoms with Gasteiger partial charge in [0.1, 0.15) is 5.78 Å². The van der Waals surface area contributed by atoms with Gasteiger partial charge in [-0.05, 0) is 37.5 Å². The van der Waals surface area contributed by atoms with Crippen molar-refractivity contribution in [3.05, 3.63) is 47.0 Å². The van der Waals surface area contributed by atoms with Gasteiger partial charge in [0.2, 0.25) is 0 Å². The van der Waals surface area contributed by atoms with Gasteiger partial charge in [0, 0.05) is 12.8 Å². The van der Waals surface area contributed by atoms with Gasteiger partial charge in [0.05, 0.1) is 0 Å². The summed E-state index contributed by atoms with van der Waals surface area (Å²) in [6, 6.07) is 6.18. The molecule has 1 nitrogen and oxygen atoms in total. The van der Waals surface area contributed by atoms with Crippen molar-refractivity contribution in [2.24, 2.45) is 0 Å². The average Bonchev–Trinajstić information content (AvgIpc) is 2.10. The monoisotopic (exact) mass is 202 g/mol. The van der Waals surface area contributed by atoms with Gasteiger partial charge in [0.15, 0.2) is 0 Å². The zero-order valence-electron chi connectivity index (χ0n) is 9.76. The second kappa shape index (κ2) is 4.92. The Hall–Kier alpha value is -1.37. The number of hydrogen-bond acceptors (Lipinski definition) is 1. The largest absolute Gasteiger partial charge is 0.299 e. The molecule has 0 aliphatic heterocycles. The molecule has 0 fully saturated rings. The molecular formula is C14H18O. The molecule has 0 heterocycles. The number of carbonyl (C=O) groups is 1. The second-order valence-corrected chi connectivity index (χ2v) is 4.27. The molecule has 0 saturated heterocycles. The van der Waals surface area contributed by atoms with Crippen LogP contribution < -0.4 is 0 Å². The van der Waals surface area contributed by atoms with Gasteiger partial charge in [-0.2, -0.15) is 0 Å². The molecule has 0 saturated carbocycles. The van der Waals surface area contributed by atoms with Gasteiger partial charge >= 0.3 is 0 Å². The molecule has 0 aliphatic rings. The predicted molar refractivity (Wildman–Crippen MR) is 64.1 cm³/mol. The Morgan fingerprint density at radius 3 is 2.47 bits per heavy atom. The highest BCUT2D eigenvalue weighted by Gasteiger charge is 2.04. The van der Waals surface area contributed by atoms with Crippen LogP contribution in [-0.2, 0) is 11.2 Å². The van der Waals surface area contributed by atoms with Crippen LogP contribution in [0, 0.1) is 13.8 Å². The second-order valence-electron chi connectivity index (χ2n) is 4.27. The van der Waals surface area contributed by atoms with Gasteiger partial charge in [-0.3, -0.25) is 4.79 Å². The van der Waals surface area contributed by atoms with E-state index in [-0.39, 0.29) is 5.78 Å². The first kappa shape index (κ1) is 11.7. The molecule has 0 aliphatic carbocycles. The fourth-order valence-corrected chi connectivity index (χ4v) is 1.54. The van der Waals surface area contributed by atoms with Crippen molar-refractivity contribution in [3.63, 3.8) is 0 Å². The van der Waals surface area contributed by atoms with Crippen molar-refractivity contribution in [1.29, 1.82) is 0 Å². The lowest BCUT2D eigenvalue weighted by Crippen LogP contribution is -2.03. The van der Waals surface area contributed by atoms with Gasteiger partial charge in [-0.1, -0.05) is 30.4 Å². The van der Waals surface area contributed by atoms with E-state index in [0.717, 1.165) is 11.1 Å². The van der Waals surface area contributed by atoms with Gasteiger partial charge in [-0.15, -0.1) is 0 Å². The lowest BCUT2D eigenvalue weighted by atomic mass is 10.0. The number of carbonyl (C=O) groups excluding carboxylic acids is 1. The highest BCUT2D eigenvalue weighted by Crippen LogP contribution is 2.11. The first-order valence-corrected chi connectivity index (χ1v) is 5.21. The third-order valence-electron chi connectivity index (χ3n) is 2.47. The Labute approximate surface area is 91.8 Å². The normalized spacial score (nSPS) is 10.1. The molecule has 1 heteroatoms. The standard InChI is InChI=1S/C14H18O/c1-10(2)7-14(15)9-13-6-5-11(3)12(4)8-13/h5-6,8H,1,7,9H2,2-4H3. The predicted octanol–water partition coefficient (Wildman–Crippen LogP) is 3.38. The van der Waals surface area contributed by atoms with Crippen molar-refractivity contribution in [1.82, 2.24) is 0 Å². The van der Waals surface area contributed by atoms with Crippen molar-refractivity contribution in [2.75, 3.05) is 0 Å². The lowest BCUT2D eigenvalue weighted by Gasteiger charge is -2.04. The smallest absolute Gasteiger partial charge is 0.141 e. The number of rotatable bonds is 4. The van der Waals surface area contributed by atoms with E-state index in [1.807, 2.05) is 13.0 Å². The average molecular weight is 202 g/mol. The quantitative estimate of drug-likeness (QED) is 0.684. The molecule has 0 bridgehead atoms. The van der Waals surface area contributed by atoms with Crippen LogP contribution in [0.3, 0.4) is 0 Å². The molecular weight excluding hydrogens is 184 g/mol. The summed E-state index contributed by atoms with van der Waals surface area (Å²) in [6.45, 7) is 9.78. The van der Waals surface area contributed by atoms with Crippen LogP contribution in [-0.4, -0.2) is 5.78 Å². The first-order valence-electron chi connectivity index (χ1n) is 5.21. The highest BCUT2D eigenvalue weighted by molar-refractivity contribution is 5.82. The van der Waals surface area contributed by atoms with Crippen LogP contribution in [0.2, 0.25) is 0 Å². The summed E-state index contributed by atoms with van der Waals surface area (Å²) >= 11 is 0. The summed E-state index contributed by atoms with van der Waals surface area (Å²) in [6.07, 6.45) is 1.01. The van der Waals surface area contributed by atoms with Crippen LogP contribution in [0.5, 0.6) is 0 Å². The topological polar surface area (TPSA) is 17.1 Å². The van der Waals surface area contributed by atoms with Gasteiger partial charge in [0.25, 0.3) is 0 Å². The van der Waals surface area contributed by atoms with Crippen molar-refractivity contribution < 1.29 is 4.79 Å². The molecule has 0 N–H and O–H groups in total. The zero-order chi connectivity index (χ0) is 11.4. The number of Topliss-reactive ketones (excluding diaryl/α,β-unsaturated/α-hetero) is 1. The van der Waals surface area contributed by atoms with E-state index in [0.29, 0.717) is 12.8 Å². The zero-order valence-corrected chi connectivity index (χ0v) is 9.76. The Kier molecular flexibility index (Phi) is 3.84. The molecule has 80 valence electrons. The van der Waals surface area contributed by atoms with Crippen LogP contribution in [0.25, 0.3) is 0 Å². The number of ketones is 1. The molecule has 1 aromatic carbocycles. The maximum absolute atomic E-state index is 11.6. The van der Waals surface area contributed by atoms with Crippen LogP contribution in [0.15, 0.2) is 30.4 Å². The van der Waals surface area contributed by atoms with Crippen LogP contribution in [0.4, 0.5) is 0 Å². The fraction of sp³-hybridized carbons (Fsp3) is 0.357. The number of benzene rings is 1. The summed E-state index contributed by atoms with van der Waals surface area (Å²) in [5.74, 6) is 0.241. The van der Waals surface area contributed by atoms with Crippen molar-refractivity contribution in [2.45, 2.75) is 33.6 Å². The number of allylic oxidation sites excluding steroid dienone is 1. The molecule has 15 heavy (non-hydrogen) atoms. The summed E-state index contributed by atoms with van der Waals surface area (Å²) < 4.78 is 0. The molecule has 1 rings (SSSR count). The van der Waals surface area contributed by atoms with E-state index < -0.39 is 0 Å². The third kappa shape index (κ3) is 3.70. The molecule has 1 aromatic rings. The van der Waals surface area contributed by atoms with E-state index in [1.165, 1.54) is 11.1 Å². The molecule has 0 atom stereocenters. The Morgan fingerprint density at radius 2 is 1.93 bits per heavy atom. The Balaban J connectivity index is 2.69. The van der Waals surface area contributed by atoms with E-state index in [9.17, 15) is 4.79 Å². The lowest BCUT2D eigenvalue weighted by molar-refractivity contribution is -0.117. The van der Waals surface area contributed by atoms with E-state index in [1.54, 1.807) is 0 Å². The maximum atomic E-state index is 11.6. The van der Waals surface area contributed by atoms with Crippen LogP contribution in [0.1, 0.15) is 30.0 Å². The Morgan fingerprint density at radius 1 is 1.27 bits per heavy atom. The van der Waals surface area contributed by atoms with Crippen molar-refractivity contribution in [3.8, 4) is 0 Å². The molecule has 0 aromatic heterocycles. The molecule has 0 radical (unpaired) electrons. The summed E-state index contributed by atoms with van der Waals surface area (Å²) in [5, 5.41) is 0. The van der Waals surface area contributed by atoms with Gasteiger partial charge < -0.3 is 0 Å². The molecule has 0 spiro atoms.